The summed E-state index contributed by atoms with van der Waals surface area (Å²) in [6.07, 6.45) is 23.1. The number of amides is 2. The van der Waals surface area contributed by atoms with Crippen molar-refractivity contribution in [3.63, 3.8) is 0 Å². The van der Waals surface area contributed by atoms with Crippen molar-refractivity contribution in [2.24, 2.45) is 5.73 Å². The zero-order valence-corrected chi connectivity index (χ0v) is 34.7. The Balaban J connectivity index is 1.77. The molecule has 10 heteroatoms. The van der Waals surface area contributed by atoms with Crippen LogP contribution in [0.5, 0.6) is 0 Å². The summed E-state index contributed by atoms with van der Waals surface area (Å²) in [6, 6.07) is 15.9. The van der Waals surface area contributed by atoms with Gasteiger partial charge in [0.2, 0.25) is 11.8 Å². The lowest BCUT2D eigenvalue weighted by molar-refractivity contribution is -0.148. The Bertz CT molecular complexity index is 1300. The molecule has 0 fully saturated rings. The van der Waals surface area contributed by atoms with Crippen molar-refractivity contribution in [3.05, 3.63) is 71.8 Å². The third-order valence-electron chi connectivity index (χ3n) is 9.72. The molecule has 3 unspecified atom stereocenters. The lowest BCUT2D eigenvalue weighted by Gasteiger charge is -2.23. The van der Waals surface area contributed by atoms with E-state index in [0.29, 0.717) is 11.3 Å². The second kappa shape index (κ2) is 31.8. The zero-order chi connectivity index (χ0) is 39.8. The summed E-state index contributed by atoms with van der Waals surface area (Å²) in [5.74, 6) is -1.12. The lowest BCUT2D eigenvalue weighted by Crippen LogP contribution is -2.50. The minimum atomic E-state index is -1.03. The van der Waals surface area contributed by atoms with Gasteiger partial charge in [-0.3, -0.25) is 14.4 Å². The van der Waals surface area contributed by atoms with Crippen molar-refractivity contribution >= 4 is 35.5 Å². The largest absolute Gasteiger partial charge is 0.465 e. The van der Waals surface area contributed by atoms with Gasteiger partial charge >= 0.3 is 11.9 Å². The van der Waals surface area contributed by atoms with Crippen LogP contribution < -0.4 is 16.4 Å². The van der Waals surface area contributed by atoms with Crippen molar-refractivity contribution in [1.29, 1.82) is 0 Å². The minimum absolute atomic E-state index is 0.0589. The number of hydrogen-bond acceptors (Lipinski definition) is 8. The van der Waals surface area contributed by atoms with E-state index in [2.05, 4.69) is 17.6 Å². The van der Waals surface area contributed by atoms with Gasteiger partial charge < -0.3 is 25.8 Å². The molecule has 0 aliphatic rings. The predicted molar refractivity (Wildman–Crippen MR) is 225 cm³/mol. The molecule has 0 heterocycles. The maximum absolute atomic E-state index is 13.7. The molecule has 0 spiro atoms. The van der Waals surface area contributed by atoms with Crippen molar-refractivity contribution in [2.75, 3.05) is 19.0 Å². The van der Waals surface area contributed by atoms with Gasteiger partial charge in [0.15, 0.2) is 6.04 Å². The quantitative estimate of drug-likeness (QED) is 0.0481. The van der Waals surface area contributed by atoms with Crippen molar-refractivity contribution in [3.8, 4) is 0 Å². The summed E-state index contributed by atoms with van der Waals surface area (Å²) in [4.78, 5) is 52.1. The van der Waals surface area contributed by atoms with E-state index in [1.54, 1.807) is 31.2 Å². The Hall–Kier alpha value is -3.37. The molecule has 9 nitrogen and oxygen atoms in total. The number of thioether (sulfide) groups is 1. The normalized spacial score (nSPS) is 12.7. The molecule has 2 aromatic rings. The fraction of sp³-hybridized carbons (Fsp3) is 0.644. The minimum Gasteiger partial charge on any atom is -0.465 e. The second-order valence-electron chi connectivity index (χ2n) is 14.5. The summed E-state index contributed by atoms with van der Waals surface area (Å²) in [5, 5.41) is 5.66. The van der Waals surface area contributed by atoms with Gasteiger partial charge in [0.1, 0.15) is 12.1 Å². The Labute approximate surface area is 336 Å². The number of nitrogens with one attached hydrogen (secondary N) is 2. The maximum Gasteiger partial charge on any atom is 0.333 e. The van der Waals surface area contributed by atoms with E-state index in [9.17, 15) is 19.2 Å². The van der Waals surface area contributed by atoms with E-state index in [4.69, 9.17) is 15.2 Å². The number of nitrogens with two attached hydrogens (primary N) is 1. The van der Waals surface area contributed by atoms with Gasteiger partial charge in [0, 0.05) is 17.9 Å². The lowest BCUT2D eigenvalue weighted by atomic mass is 10.0. The monoisotopic (exact) mass is 782 g/mol. The number of esters is 2. The fourth-order valence-corrected chi connectivity index (χ4v) is 7.41. The summed E-state index contributed by atoms with van der Waals surface area (Å²) < 4.78 is 10.6. The summed E-state index contributed by atoms with van der Waals surface area (Å²) >= 11 is 1.50. The highest BCUT2D eigenvalue weighted by molar-refractivity contribution is 7.98. The smallest absolute Gasteiger partial charge is 0.333 e. The molecular weight excluding hydrogens is 711 g/mol. The molecule has 0 aliphatic carbocycles. The van der Waals surface area contributed by atoms with Crippen LogP contribution in [0.15, 0.2) is 60.7 Å². The van der Waals surface area contributed by atoms with Crippen molar-refractivity contribution in [1.82, 2.24) is 10.6 Å². The Morgan fingerprint density at radius 1 is 0.636 bits per heavy atom. The number of carbonyl (C=O) groups is 4. The molecule has 0 aromatic heterocycles. The van der Waals surface area contributed by atoms with Gasteiger partial charge in [0.05, 0.1) is 13.2 Å². The highest BCUT2D eigenvalue weighted by Crippen LogP contribution is 2.19. The van der Waals surface area contributed by atoms with E-state index >= 15 is 0 Å². The molecule has 55 heavy (non-hydrogen) atoms. The number of unbranched alkanes of at least 4 members (excludes halogenated alkanes) is 17. The molecular formula is C45H71N3O6S. The third kappa shape index (κ3) is 23.3. The van der Waals surface area contributed by atoms with Crippen LogP contribution in [-0.2, 0) is 34.4 Å². The predicted octanol–water partition coefficient (Wildman–Crippen LogP) is 9.52. The van der Waals surface area contributed by atoms with E-state index in [0.717, 1.165) is 24.8 Å². The van der Waals surface area contributed by atoms with Crippen molar-refractivity contribution < 1.29 is 28.7 Å². The number of carbonyl (C=O) groups excluding carboxylic acids is 4. The van der Waals surface area contributed by atoms with Crippen LogP contribution in [0.2, 0.25) is 0 Å². The second-order valence-corrected chi connectivity index (χ2v) is 15.6. The molecule has 308 valence electrons. The molecule has 2 rings (SSSR count). The van der Waals surface area contributed by atoms with Gasteiger partial charge in [-0.1, -0.05) is 177 Å². The molecule has 4 N–H and O–H groups in total. The number of rotatable bonds is 33. The molecule has 0 saturated heterocycles. The standard InChI is InChI=1S/C45H71N3O6S/c1-3-5-6-7-8-9-10-11-12-13-14-15-16-17-18-19-20-27-34-54-45(52)42(38-30-25-22-26-31-38)48-43(50)40(36-55-35-37-28-23-21-24-29-37)47-41(49)33-32-39(46)44(51)53-4-2/h21-26,28-31,39-40,42H,3-20,27,32-36,46H2,1-2H3,(H,47,49)(H,48,50). The van der Waals surface area contributed by atoms with Crippen LogP contribution in [0.3, 0.4) is 0 Å². The van der Waals surface area contributed by atoms with E-state index in [-0.39, 0.29) is 31.8 Å². The highest BCUT2D eigenvalue weighted by Gasteiger charge is 2.29. The molecule has 0 bridgehead atoms. The van der Waals surface area contributed by atoms with Gasteiger partial charge in [0.25, 0.3) is 0 Å². The van der Waals surface area contributed by atoms with Crippen LogP contribution in [-0.4, -0.2) is 54.8 Å². The van der Waals surface area contributed by atoms with Crippen LogP contribution in [0.1, 0.15) is 159 Å². The van der Waals surface area contributed by atoms with E-state index in [1.165, 1.54) is 108 Å². The first-order valence-corrected chi connectivity index (χ1v) is 22.4. The first-order valence-electron chi connectivity index (χ1n) is 21.2. The molecule has 0 radical (unpaired) electrons. The first kappa shape index (κ1) is 47.8. The first-order chi connectivity index (χ1) is 26.8. The molecule has 2 aromatic carbocycles. The van der Waals surface area contributed by atoms with Crippen molar-refractivity contribution in [2.45, 2.75) is 166 Å². The summed E-state index contributed by atoms with van der Waals surface area (Å²) in [5.41, 5.74) is 7.57. The Morgan fingerprint density at radius 2 is 1.15 bits per heavy atom. The van der Waals surface area contributed by atoms with Gasteiger partial charge in [-0.15, -0.1) is 0 Å². The van der Waals surface area contributed by atoms with E-state index < -0.39 is 41.9 Å². The molecule has 0 saturated carbocycles. The Morgan fingerprint density at radius 3 is 1.67 bits per heavy atom. The maximum atomic E-state index is 13.7. The van der Waals surface area contributed by atoms with Gasteiger partial charge in [-0.25, -0.2) is 4.79 Å². The average Bonchev–Trinajstić information content (AvgIpc) is 3.20. The third-order valence-corrected chi connectivity index (χ3v) is 10.8. The van der Waals surface area contributed by atoms with Gasteiger partial charge in [-0.05, 0) is 30.9 Å². The Kier molecular flexibility index (Phi) is 27.6. The molecule has 0 aliphatic heterocycles. The van der Waals surface area contributed by atoms with Crippen LogP contribution >= 0.6 is 11.8 Å². The summed E-state index contributed by atoms with van der Waals surface area (Å²) in [7, 11) is 0. The SMILES string of the molecule is CCCCCCCCCCCCCCCCCCCCOC(=O)C(NC(=O)C(CSCc1ccccc1)NC(=O)CCC(N)C(=O)OCC)c1ccccc1. The van der Waals surface area contributed by atoms with E-state index in [1.807, 2.05) is 36.4 Å². The zero-order valence-electron chi connectivity index (χ0n) is 33.9. The van der Waals surface area contributed by atoms with Gasteiger partial charge in [-0.2, -0.15) is 11.8 Å². The molecule has 3 atom stereocenters. The van der Waals surface area contributed by atoms with Crippen LogP contribution in [0.25, 0.3) is 0 Å². The molecule has 2 amide bonds. The van der Waals surface area contributed by atoms with Crippen LogP contribution in [0.4, 0.5) is 0 Å². The number of hydrogen-bond donors (Lipinski definition) is 3. The fourth-order valence-electron chi connectivity index (χ4n) is 6.40. The topological polar surface area (TPSA) is 137 Å². The highest BCUT2D eigenvalue weighted by atomic mass is 32.2. The van der Waals surface area contributed by atoms with Crippen LogP contribution in [0, 0.1) is 0 Å². The number of benzene rings is 2. The summed E-state index contributed by atoms with van der Waals surface area (Å²) in [6.45, 7) is 4.44. The average molecular weight is 782 g/mol. The number of ether oxygens (including phenoxy) is 2.